The van der Waals surface area contributed by atoms with Gasteiger partial charge >= 0.3 is 0 Å². The zero-order valence-electron chi connectivity index (χ0n) is 14.5. The zero-order valence-corrected chi connectivity index (χ0v) is 15.3. The summed E-state index contributed by atoms with van der Waals surface area (Å²) in [5, 5.41) is 1.16. The third-order valence-electron chi connectivity index (χ3n) is 5.21. The molecule has 3 amide bonds. The van der Waals surface area contributed by atoms with Crippen LogP contribution in [0.2, 0.25) is 0 Å². The zero-order chi connectivity index (χ0) is 18.1. The highest BCUT2D eigenvalue weighted by molar-refractivity contribution is 7.18. The fourth-order valence-corrected chi connectivity index (χ4v) is 4.81. The standard InChI is InChI=1S/C19H21N3O3S/c23-16(9-12-22-17(24)5-6-18(22)25)21-10-7-13(8-11-21)19-20-14-3-1-2-4-15(14)26-19/h1-4,13H,5-12H2. The highest BCUT2D eigenvalue weighted by atomic mass is 32.1. The topological polar surface area (TPSA) is 70.6 Å². The van der Waals surface area contributed by atoms with Gasteiger partial charge in [-0.3, -0.25) is 19.3 Å². The first kappa shape index (κ1) is 17.1. The SMILES string of the molecule is O=C(CCN1C(=O)CCC1=O)N1CCC(c2nc3ccccc3s2)CC1. The van der Waals surface area contributed by atoms with Crippen molar-refractivity contribution in [3.8, 4) is 0 Å². The maximum absolute atomic E-state index is 12.4. The average molecular weight is 371 g/mol. The monoisotopic (exact) mass is 371 g/mol. The van der Waals surface area contributed by atoms with E-state index < -0.39 is 0 Å². The maximum atomic E-state index is 12.4. The Bertz CT molecular complexity index is 806. The van der Waals surface area contributed by atoms with E-state index in [1.165, 1.54) is 9.60 Å². The Morgan fingerprint density at radius 2 is 1.81 bits per heavy atom. The number of imide groups is 1. The summed E-state index contributed by atoms with van der Waals surface area (Å²) in [7, 11) is 0. The molecule has 1 aromatic carbocycles. The molecule has 2 aliphatic rings. The van der Waals surface area contributed by atoms with Crippen LogP contribution in [-0.4, -0.2) is 52.1 Å². The number of aromatic nitrogens is 1. The Balaban J connectivity index is 1.31. The number of likely N-dealkylation sites (tertiary alicyclic amines) is 2. The van der Waals surface area contributed by atoms with Crippen LogP contribution in [0.4, 0.5) is 0 Å². The van der Waals surface area contributed by atoms with E-state index in [2.05, 4.69) is 6.07 Å². The fraction of sp³-hybridized carbons (Fsp3) is 0.474. The number of rotatable bonds is 4. The smallest absolute Gasteiger partial charge is 0.229 e. The first-order valence-electron chi connectivity index (χ1n) is 9.08. The summed E-state index contributed by atoms with van der Waals surface area (Å²) in [6.45, 7) is 1.64. The number of piperidine rings is 1. The molecule has 2 fully saturated rings. The first-order valence-corrected chi connectivity index (χ1v) is 9.90. The third-order valence-corrected chi connectivity index (χ3v) is 6.41. The summed E-state index contributed by atoms with van der Waals surface area (Å²) in [6.07, 6.45) is 2.60. The van der Waals surface area contributed by atoms with Gasteiger partial charge in [0.1, 0.15) is 0 Å². The number of carbonyl (C=O) groups excluding carboxylic acids is 3. The van der Waals surface area contributed by atoms with Gasteiger partial charge in [0.05, 0.1) is 15.2 Å². The van der Waals surface area contributed by atoms with Crippen molar-refractivity contribution >= 4 is 39.3 Å². The quantitative estimate of drug-likeness (QED) is 0.775. The summed E-state index contributed by atoms with van der Waals surface area (Å²) >= 11 is 1.74. The molecule has 2 aliphatic heterocycles. The van der Waals surface area contributed by atoms with E-state index in [9.17, 15) is 14.4 Å². The van der Waals surface area contributed by atoms with Gasteiger partial charge in [-0.15, -0.1) is 11.3 Å². The second-order valence-electron chi connectivity index (χ2n) is 6.86. The summed E-state index contributed by atoms with van der Waals surface area (Å²) in [5.41, 5.74) is 1.05. The molecular formula is C19H21N3O3S. The van der Waals surface area contributed by atoms with E-state index in [1.807, 2.05) is 23.1 Å². The van der Waals surface area contributed by atoms with Crippen molar-refractivity contribution in [3.63, 3.8) is 0 Å². The molecule has 0 aliphatic carbocycles. The lowest BCUT2D eigenvalue weighted by Crippen LogP contribution is -2.40. The van der Waals surface area contributed by atoms with Crippen molar-refractivity contribution in [3.05, 3.63) is 29.3 Å². The molecule has 0 bridgehead atoms. The molecule has 0 N–H and O–H groups in total. The van der Waals surface area contributed by atoms with Crippen LogP contribution in [0.15, 0.2) is 24.3 Å². The molecule has 6 nitrogen and oxygen atoms in total. The Kier molecular flexibility index (Phi) is 4.72. The van der Waals surface area contributed by atoms with Gasteiger partial charge < -0.3 is 4.90 Å². The molecule has 136 valence electrons. The molecular weight excluding hydrogens is 350 g/mol. The highest BCUT2D eigenvalue weighted by Crippen LogP contribution is 2.33. The van der Waals surface area contributed by atoms with E-state index in [-0.39, 0.29) is 43.5 Å². The van der Waals surface area contributed by atoms with E-state index >= 15 is 0 Å². The van der Waals surface area contributed by atoms with Crippen LogP contribution in [0, 0.1) is 0 Å². The number of hydrogen-bond acceptors (Lipinski definition) is 5. The number of thiazole rings is 1. The van der Waals surface area contributed by atoms with Gasteiger partial charge in [-0.25, -0.2) is 4.98 Å². The van der Waals surface area contributed by atoms with Crippen LogP contribution in [0.3, 0.4) is 0 Å². The summed E-state index contributed by atoms with van der Waals surface area (Å²) in [5.74, 6) is 0.119. The first-order chi connectivity index (χ1) is 12.6. The van der Waals surface area contributed by atoms with Crippen LogP contribution in [-0.2, 0) is 14.4 Å². The molecule has 0 spiro atoms. The lowest BCUT2D eigenvalue weighted by molar-refractivity contribution is -0.139. The van der Waals surface area contributed by atoms with E-state index in [1.54, 1.807) is 11.3 Å². The van der Waals surface area contributed by atoms with Gasteiger partial charge in [0.25, 0.3) is 0 Å². The second kappa shape index (κ2) is 7.15. The van der Waals surface area contributed by atoms with Gasteiger partial charge in [0.15, 0.2) is 0 Å². The van der Waals surface area contributed by atoms with Crippen LogP contribution < -0.4 is 0 Å². The summed E-state index contributed by atoms with van der Waals surface area (Å²) in [4.78, 5) is 43.5. The minimum absolute atomic E-state index is 0.0280. The summed E-state index contributed by atoms with van der Waals surface area (Å²) in [6, 6.07) is 8.16. The van der Waals surface area contributed by atoms with Crippen molar-refractivity contribution in [2.24, 2.45) is 0 Å². The second-order valence-corrected chi connectivity index (χ2v) is 7.93. The third kappa shape index (κ3) is 3.35. The molecule has 0 atom stereocenters. The normalized spacial score (nSPS) is 18.9. The lowest BCUT2D eigenvalue weighted by atomic mass is 9.97. The molecule has 26 heavy (non-hydrogen) atoms. The van der Waals surface area contributed by atoms with Crippen molar-refractivity contribution in [1.29, 1.82) is 0 Å². The Labute approximate surface area is 155 Å². The lowest BCUT2D eigenvalue weighted by Gasteiger charge is -2.31. The molecule has 0 unspecified atom stereocenters. The molecule has 4 rings (SSSR count). The van der Waals surface area contributed by atoms with Crippen molar-refractivity contribution in [2.45, 2.75) is 38.0 Å². The molecule has 7 heteroatoms. The van der Waals surface area contributed by atoms with Gasteiger partial charge in [0, 0.05) is 44.8 Å². The Hall–Kier alpha value is -2.28. The molecule has 0 saturated carbocycles. The summed E-state index contributed by atoms with van der Waals surface area (Å²) < 4.78 is 1.21. The van der Waals surface area contributed by atoms with Crippen molar-refractivity contribution in [2.75, 3.05) is 19.6 Å². The van der Waals surface area contributed by atoms with Crippen LogP contribution in [0.5, 0.6) is 0 Å². The molecule has 1 aromatic heterocycles. The predicted octanol–water partition coefficient (Wildman–Crippen LogP) is 2.54. The molecule has 2 saturated heterocycles. The highest BCUT2D eigenvalue weighted by Gasteiger charge is 2.30. The van der Waals surface area contributed by atoms with Gasteiger partial charge in [-0.05, 0) is 25.0 Å². The number of fused-ring (bicyclic) bond motifs is 1. The number of carbonyl (C=O) groups is 3. The van der Waals surface area contributed by atoms with Crippen LogP contribution in [0.1, 0.15) is 43.0 Å². The number of benzene rings is 1. The fourth-order valence-electron chi connectivity index (χ4n) is 3.68. The Morgan fingerprint density at radius 3 is 2.50 bits per heavy atom. The van der Waals surface area contributed by atoms with Crippen molar-refractivity contribution < 1.29 is 14.4 Å². The maximum Gasteiger partial charge on any atom is 0.229 e. The minimum Gasteiger partial charge on any atom is -0.343 e. The molecule has 0 radical (unpaired) electrons. The molecule has 3 heterocycles. The van der Waals surface area contributed by atoms with E-state index in [4.69, 9.17) is 4.98 Å². The number of nitrogens with zero attached hydrogens (tertiary/aromatic N) is 3. The largest absolute Gasteiger partial charge is 0.343 e. The minimum atomic E-state index is -0.155. The average Bonchev–Trinajstić information content (AvgIpc) is 3.23. The predicted molar refractivity (Wildman–Crippen MR) is 98.7 cm³/mol. The van der Waals surface area contributed by atoms with E-state index in [0.29, 0.717) is 19.0 Å². The number of para-hydroxylation sites is 1. The van der Waals surface area contributed by atoms with Crippen molar-refractivity contribution in [1.82, 2.24) is 14.8 Å². The Morgan fingerprint density at radius 1 is 1.12 bits per heavy atom. The number of hydrogen-bond donors (Lipinski definition) is 0. The van der Waals surface area contributed by atoms with E-state index in [0.717, 1.165) is 23.4 Å². The van der Waals surface area contributed by atoms with Gasteiger partial charge in [0.2, 0.25) is 17.7 Å². The van der Waals surface area contributed by atoms with Crippen LogP contribution >= 0.6 is 11.3 Å². The number of amides is 3. The van der Waals surface area contributed by atoms with Gasteiger partial charge in [-0.2, -0.15) is 0 Å². The molecule has 2 aromatic rings. The van der Waals surface area contributed by atoms with Gasteiger partial charge in [-0.1, -0.05) is 12.1 Å². The van der Waals surface area contributed by atoms with Crippen LogP contribution in [0.25, 0.3) is 10.2 Å².